The van der Waals surface area contributed by atoms with E-state index in [4.69, 9.17) is 0 Å². The normalized spacial score (nSPS) is 10.2. The fourth-order valence-corrected chi connectivity index (χ4v) is 2.54. The van der Waals surface area contributed by atoms with Crippen molar-refractivity contribution in [3.8, 4) is 0 Å². The molecular weight excluding hydrogens is 266 g/mol. The van der Waals surface area contributed by atoms with E-state index >= 15 is 0 Å². The van der Waals surface area contributed by atoms with Crippen LogP contribution in [0.1, 0.15) is 9.75 Å². The van der Waals surface area contributed by atoms with Crippen LogP contribution in [0.5, 0.6) is 0 Å². The van der Waals surface area contributed by atoms with E-state index in [1.165, 1.54) is 16.9 Å². The predicted molar refractivity (Wildman–Crippen MR) is 60.5 cm³/mol. The average molecular weight is 278 g/mol. The number of aryl methyl sites for hydroxylation is 1. The minimum atomic E-state index is -0.239. The number of thiophene rings is 1. The monoisotopic (exact) mass is 277 g/mol. The molecule has 1 heterocycles. The van der Waals surface area contributed by atoms with E-state index in [2.05, 4.69) is 39.0 Å². The number of carbonyl (C=O) groups is 1. The molecule has 1 aromatic heterocycles. The molecule has 1 N–H and O–H groups in total. The van der Waals surface area contributed by atoms with E-state index < -0.39 is 0 Å². The number of carbonyl (C=O) groups excluding carboxylic acids is 1. The molecule has 1 aromatic rings. The molecule has 0 aliphatic carbocycles. The van der Waals surface area contributed by atoms with Crippen molar-refractivity contribution >= 4 is 33.2 Å². The number of esters is 1. The van der Waals surface area contributed by atoms with Gasteiger partial charge in [-0.2, -0.15) is 0 Å². The Hall–Kier alpha value is -0.390. The zero-order chi connectivity index (χ0) is 10.6. The highest BCUT2D eigenvalue weighted by Gasteiger charge is 2.03. The molecule has 0 unspecified atom stereocenters. The highest BCUT2D eigenvalue weighted by molar-refractivity contribution is 9.10. The zero-order valence-corrected chi connectivity index (χ0v) is 10.5. The maximum Gasteiger partial charge on any atom is 0.319 e. The molecule has 0 aromatic carbocycles. The number of nitrogens with one attached hydrogen (secondary N) is 1. The zero-order valence-electron chi connectivity index (χ0n) is 8.09. The smallest absolute Gasteiger partial charge is 0.319 e. The summed E-state index contributed by atoms with van der Waals surface area (Å²) in [5, 5.41) is 3.01. The Morgan fingerprint density at radius 2 is 2.43 bits per heavy atom. The summed E-state index contributed by atoms with van der Waals surface area (Å²) in [6.45, 7) is 3.01. The van der Waals surface area contributed by atoms with Crippen molar-refractivity contribution in [1.29, 1.82) is 0 Å². The number of halogens is 1. The van der Waals surface area contributed by atoms with Crippen LogP contribution >= 0.6 is 27.3 Å². The van der Waals surface area contributed by atoms with Gasteiger partial charge in [0.25, 0.3) is 0 Å². The fourth-order valence-electron chi connectivity index (χ4n) is 0.965. The van der Waals surface area contributed by atoms with Crippen LogP contribution in [-0.2, 0) is 16.1 Å². The van der Waals surface area contributed by atoms with E-state index in [0.717, 1.165) is 4.47 Å². The second kappa shape index (κ2) is 5.48. The van der Waals surface area contributed by atoms with Gasteiger partial charge in [0.15, 0.2) is 0 Å². The molecule has 14 heavy (non-hydrogen) atoms. The van der Waals surface area contributed by atoms with E-state index in [1.54, 1.807) is 11.3 Å². The highest BCUT2D eigenvalue weighted by atomic mass is 79.9. The summed E-state index contributed by atoms with van der Waals surface area (Å²) in [5.41, 5.74) is 0. The van der Waals surface area contributed by atoms with Crippen LogP contribution in [0.25, 0.3) is 0 Å². The number of hydrogen-bond acceptors (Lipinski definition) is 4. The maximum atomic E-state index is 10.8. The van der Waals surface area contributed by atoms with E-state index in [1.807, 2.05) is 0 Å². The lowest BCUT2D eigenvalue weighted by atomic mass is 10.4. The predicted octanol–water partition coefficient (Wildman–Crippen LogP) is 2.08. The van der Waals surface area contributed by atoms with Crippen molar-refractivity contribution in [2.45, 2.75) is 13.5 Å². The van der Waals surface area contributed by atoms with Crippen LogP contribution in [0.2, 0.25) is 0 Å². The molecular formula is C9H12BrNO2S. The summed E-state index contributed by atoms with van der Waals surface area (Å²) in [5.74, 6) is -0.239. The molecule has 3 nitrogen and oxygen atoms in total. The van der Waals surface area contributed by atoms with Crippen LogP contribution < -0.4 is 5.32 Å². The third-order valence-corrected chi connectivity index (χ3v) is 3.84. The molecule has 0 radical (unpaired) electrons. The molecule has 0 bridgehead atoms. The van der Waals surface area contributed by atoms with Crippen LogP contribution in [0.15, 0.2) is 10.5 Å². The van der Waals surface area contributed by atoms with Gasteiger partial charge in [0, 0.05) is 20.8 Å². The molecule has 0 fully saturated rings. The van der Waals surface area contributed by atoms with Gasteiger partial charge >= 0.3 is 5.97 Å². The minimum absolute atomic E-state index is 0.239. The standard InChI is InChI=1S/C9H12BrNO2S/c1-6-8(10)3-7(14-6)4-11-5-9(12)13-2/h3,11H,4-5H2,1-2H3. The van der Waals surface area contributed by atoms with Gasteiger partial charge in [-0.1, -0.05) is 0 Å². The van der Waals surface area contributed by atoms with Gasteiger partial charge in [0.05, 0.1) is 13.7 Å². The Bertz CT molecular complexity index is 305. The van der Waals surface area contributed by atoms with Gasteiger partial charge < -0.3 is 10.1 Å². The first-order valence-corrected chi connectivity index (χ1v) is 5.76. The first kappa shape index (κ1) is 11.7. The summed E-state index contributed by atoms with van der Waals surface area (Å²) in [6, 6.07) is 2.06. The molecule has 5 heteroatoms. The lowest BCUT2D eigenvalue weighted by Crippen LogP contribution is -2.22. The molecule has 0 spiro atoms. The number of hydrogen-bond donors (Lipinski definition) is 1. The van der Waals surface area contributed by atoms with Gasteiger partial charge in [-0.25, -0.2) is 0 Å². The van der Waals surface area contributed by atoms with E-state index in [-0.39, 0.29) is 12.5 Å². The quantitative estimate of drug-likeness (QED) is 0.857. The van der Waals surface area contributed by atoms with Crippen molar-refractivity contribution in [3.05, 3.63) is 20.3 Å². The molecule has 78 valence electrons. The Morgan fingerprint density at radius 3 is 2.93 bits per heavy atom. The van der Waals surface area contributed by atoms with E-state index in [9.17, 15) is 4.79 Å². The Labute approximate surface area is 95.6 Å². The topological polar surface area (TPSA) is 38.3 Å². The third kappa shape index (κ3) is 3.40. The van der Waals surface area contributed by atoms with Crippen molar-refractivity contribution in [2.24, 2.45) is 0 Å². The van der Waals surface area contributed by atoms with Crippen molar-refractivity contribution in [3.63, 3.8) is 0 Å². The second-order valence-corrected chi connectivity index (χ2v) is 4.99. The first-order valence-electron chi connectivity index (χ1n) is 4.16. The molecule has 0 saturated carbocycles. The van der Waals surface area contributed by atoms with Crippen LogP contribution in [-0.4, -0.2) is 19.6 Å². The van der Waals surface area contributed by atoms with Crippen molar-refractivity contribution in [1.82, 2.24) is 5.32 Å². The van der Waals surface area contributed by atoms with Gasteiger partial charge in [0.1, 0.15) is 0 Å². The number of ether oxygens (including phenoxy) is 1. The highest BCUT2D eigenvalue weighted by Crippen LogP contribution is 2.25. The summed E-state index contributed by atoms with van der Waals surface area (Å²) >= 11 is 5.15. The van der Waals surface area contributed by atoms with Gasteiger partial charge in [-0.3, -0.25) is 4.79 Å². The number of methoxy groups -OCH3 is 1. The number of rotatable bonds is 4. The Kier molecular flexibility index (Phi) is 4.57. The van der Waals surface area contributed by atoms with Crippen molar-refractivity contribution in [2.75, 3.05) is 13.7 Å². The lowest BCUT2D eigenvalue weighted by Gasteiger charge is -2.00. The van der Waals surface area contributed by atoms with Gasteiger partial charge in [-0.15, -0.1) is 11.3 Å². The Balaban J connectivity index is 2.35. The Morgan fingerprint density at radius 1 is 1.71 bits per heavy atom. The summed E-state index contributed by atoms with van der Waals surface area (Å²) in [7, 11) is 1.38. The molecule has 0 saturated heterocycles. The largest absolute Gasteiger partial charge is 0.468 e. The minimum Gasteiger partial charge on any atom is -0.468 e. The average Bonchev–Trinajstić information content (AvgIpc) is 2.46. The summed E-state index contributed by atoms with van der Waals surface area (Å²) in [4.78, 5) is 13.2. The maximum absolute atomic E-state index is 10.8. The molecule has 0 aliphatic heterocycles. The van der Waals surface area contributed by atoms with Gasteiger partial charge in [0.2, 0.25) is 0 Å². The molecule has 0 aliphatic rings. The van der Waals surface area contributed by atoms with Crippen LogP contribution in [0, 0.1) is 6.92 Å². The molecule has 0 amide bonds. The SMILES string of the molecule is COC(=O)CNCc1cc(Br)c(C)s1. The van der Waals surface area contributed by atoms with Crippen LogP contribution in [0.4, 0.5) is 0 Å². The molecule has 0 atom stereocenters. The lowest BCUT2D eigenvalue weighted by molar-refractivity contribution is -0.139. The van der Waals surface area contributed by atoms with E-state index in [0.29, 0.717) is 6.54 Å². The van der Waals surface area contributed by atoms with Crippen molar-refractivity contribution < 1.29 is 9.53 Å². The van der Waals surface area contributed by atoms with Crippen LogP contribution in [0.3, 0.4) is 0 Å². The second-order valence-electron chi connectivity index (χ2n) is 2.80. The third-order valence-electron chi connectivity index (χ3n) is 1.70. The summed E-state index contributed by atoms with van der Waals surface area (Å²) in [6.07, 6.45) is 0. The fraction of sp³-hybridized carbons (Fsp3) is 0.444. The van der Waals surface area contributed by atoms with Gasteiger partial charge in [-0.05, 0) is 28.9 Å². The molecule has 1 rings (SSSR count). The summed E-state index contributed by atoms with van der Waals surface area (Å²) < 4.78 is 5.63. The first-order chi connectivity index (χ1) is 6.63.